The van der Waals surface area contributed by atoms with E-state index in [1.807, 2.05) is 6.07 Å². The standard InChI is InChI=1S/C16H17N3O4/c1-9-16(20)19-8-11(17-7-13(19)18-9)10-5-6-12(21-2)15(23-4)14(10)22-3/h5-8,20H,1-4H3. The van der Waals surface area contributed by atoms with Gasteiger partial charge in [-0.05, 0) is 19.1 Å². The number of aromatic hydroxyl groups is 1. The third-order valence-corrected chi connectivity index (χ3v) is 3.63. The first-order valence-corrected chi connectivity index (χ1v) is 6.93. The molecular formula is C16H17N3O4. The number of aromatic nitrogens is 3. The minimum Gasteiger partial charge on any atom is -0.493 e. The van der Waals surface area contributed by atoms with E-state index in [4.69, 9.17) is 14.2 Å². The fourth-order valence-electron chi connectivity index (χ4n) is 2.50. The van der Waals surface area contributed by atoms with Crippen molar-refractivity contribution >= 4 is 5.65 Å². The second-order valence-electron chi connectivity index (χ2n) is 4.90. The highest BCUT2D eigenvalue weighted by atomic mass is 16.5. The predicted molar refractivity (Wildman–Crippen MR) is 84.5 cm³/mol. The van der Waals surface area contributed by atoms with E-state index in [1.54, 1.807) is 51.1 Å². The average molecular weight is 315 g/mol. The minimum absolute atomic E-state index is 0.0862. The molecule has 0 bridgehead atoms. The molecule has 0 spiro atoms. The zero-order valence-corrected chi connectivity index (χ0v) is 13.3. The molecule has 0 aliphatic carbocycles. The number of methoxy groups -OCH3 is 3. The third kappa shape index (κ3) is 2.30. The van der Waals surface area contributed by atoms with Gasteiger partial charge in [0.05, 0.1) is 33.2 Å². The van der Waals surface area contributed by atoms with Crippen LogP contribution in [0.3, 0.4) is 0 Å². The number of rotatable bonds is 4. The molecule has 1 aromatic carbocycles. The Bertz CT molecular complexity index is 873. The van der Waals surface area contributed by atoms with E-state index in [0.29, 0.717) is 34.3 Å². The van der Waals surface area contributed by atoms with Gasteiger partial charge in [0.25, 0.3) is 0 Å². The third-order valence-electron chi connectivity index (χ3n) is 3.63. The van der Waals surface area contributed by atoms with Crippen molar-refractivity contribution in [2.24, 2.45) is 0 Å². The first kappa shape index (κ1) is 15.0. The van der Waals surface area contributed by atoms with Crippen LogP contribution in [-0.2, 0) is 0 Å². The molecule has 7 heteroatoms. The zero-order chi connectivity index (χ0) is 16.6. The highest BCUT2D eigenvalue weighted by molar-refractivity contribution is 5.74. The number of nitrogens with zero attached hydrogens (tertiary/aromatic N) is 3. The van der Waals surface area contributed by atoms with Gasteiger partial charge < -0.3 is 19.3 Å². The Morgan fingerprint density at radius 2 is 1.78 bits per heavy atom. The summed E-state index contributed by atoms with van der Waals surface area (Å²) in [5, 5.41) is 10.1. The van der Waals surface area contributed by atoms with E-state index >= 15 is 0 Å². The number of hydrogen-bond donors (Lipinski definition) is 1. The molecule has 0 amide bonds. The summed E-state index contributed by atoms with van der Waals surface area (Å²) in [6.07, 6.45) is 3.30. The highest BCUT2D eigenvalue weighted by Crippen LogP contribution is 2.43. The van der Waals surface area contributed by atoms with Crippen LogP contribution in [0.2, 0.25) is 0 Å². The van der Waals surface area contributed by atoms with Crippen LogP contribution in [0, 0.1) is 6.92 Å². The Morgan fingerprint density at radius 3 is 2.43 bits per heavy atom. The van der Waals surface area contributed by atoms with Gasteiger partial charge in [0.2, 0.25) is 11.6 Å². The topological polar surface area (TPSA) is 78.1 Å². The van der Waals surface area contributed by atoms with E-state index in [9.17, 15) is 5.11 Å². The first-order valence-electron chi connectivity index (χ1n) is 6.93. The number of ether oxygens (including phenoxy) is 3. The molecule has 2 aromatic heterocycles. The van der Waals surface area contributed by atoms with Crippen LogP contribution in [0.4, 0.5) is 0 Å². The fraction of sp³-hybridized carbons (Fsp3) is 0.250. The largest absolute Gasteiger partial charge is 0.493 e. The van der Waals surface area contributed by atoms with Crippen molar-refractivity contribution in [1.29, 1.82) is 0 Å². The van der Waals surface area contributed by atoms with Crippen molar-refractivity contribution < 1.29 is 19.3 Å². The second kappa shape index (κ2) is 5.68. The monoisotopic (exact) mass is 315 g/mol. The van der Waals surface area contributed by atoms with Crippen LogP contribution in [-0.4, -0.2) is 40.8 Å². The van der Waals surface area contributed by atoms with Crippen molar-refractivity contribution in [1.82, 2.24) is 14.4 Å². The maximum atomic E-state index is 10.1. The smallest absolute Gasteiger partial charge is 0.219 e. The second-order valence-corrected chi connectivity index (χ2v) is 4.90. The molecular weight excluding hydrogens is 298 g/mol. The van der Waals surface area contributed by atoms with Crippen molar-refractivity contribution in [3.8, 4) is 34.4 Å². The van der Waals surface area contributed by atoms with Crippen LogP contribution in [0.1, 0.15) is 5.69 Å². The van der Waals surface area contributed by atoms with E-state index in [2.05, 4.69) is 9.97 Å². The minimum atomic E-state index is 0.0862. The molecule has 120 valence electrons. The Kier molecular flexibility index (Phi) is 3.69. The predicted octanol–water partition coefficient (Wildman–Crippen LogP) is 2.44. The number of benzene rings is 1. The first-order chi connectivity index (χ1) is 11.1. The molecule has 0 aliphatic heterocycles. The summed E-state index contributed by atoms with van der Waals surface area (Å²) < 4.78 is 17.7. The van der Waals surface area contributed by atoms with Gasteiger partial charge in [0.1, 0.15) is 5.69 Å². The van der Waals surface area contributed by atoms with Crippen molar-refractivity contribution in [3.63, 3.8) is 0 Å². The molecule has 0 atom stereocenters. The Hall–Kier alpha value is -2.96. The molecule has 3 aromatic rings. The normalized spacial score (nSPS) is 10.8. The zero-order valence-electron chi connectivity index (χ0n) is 13.3. The van der Waals surface area contributed by atoms with Gasteiger partial charge in [-0.3, -0.25) is 9.38 Å². The van der Waals surface area contributed by atoms with Gasteiger partial charge in [-0.25, -0.2) is 4.98 Å². The summed E-state index contributed by atoms with van der Waals surface area (Å²) in [5.41, 5.74) is 2.45. The molecule has 1 N–H and O–H groups in total. The van der Waals surface area contributed by atoms with Crippen molar-refractivity contribution in [2.75, 3.05) is 21.3 Å². The fourth-order valence-corrected chi connectivity index (χ4v) is 2.50. The number of fused-ring (bicyclic) bond motifs is 1. The lowest BCUT2D eigenvalue weighted by atomic mass is 10.1. The van der Waals surface area contributed by atoms with E-state index in [-0.39, 0.29) is 5.88 Å². The lowest BCUT2D eigenvalue weighted by molar-refractivity contribution is 0.325. The number of imidazole rings is 1. The van der Waals surface area contributed by atoms with E-state index in [0.717, 1.165) is 5.56 Å². The Labute approximate surface area is 133 Å². The van der Waals surface area contributed by atoms with Crippen LogP contribution >= 0.6 is 0 Å². The Morgan fingerprint density at radius 1 is 1.04 bits per heavy atom. The molecule has 0 saturated heterocycles. The Balaban J connectivity index is 2.23. The van der Waals surface area contributed by atoms with Crippen LogP contribution in [0.5, 0.6) is 23.1 Å². The average Bonchev–Trinajstić information content (AvgIpc) is 2.87. The van der Waals surface area contributed by atoms with Crippen molar-refractivity contribution in [3.05, 3.63) is 30.2 Å². The molecule has 0 saturated carbocycles. The maximum absolute atomic E-state index is 10.1. The van der Waals surface area contributed by atoms with E-state index in [1.165, 1.54) is 0 Å². The van der Waals surface area contributed by atoms with Gasteiger partial charge in [-0.2, -0.15) is 0 Å². The molecule has 0 aliphatic rings. The van der Waals surface area contributed by atoms with Gasteiger partial charge >= 0.3 is 0 Å². The summed E-state index contributed by atoms with van der Waals surface area (Å²) in [6.45, 7) is 1.74. The molecule has 23 heavy (non-hydrogen) atoms. The summed E-state index contributed by atoms with van der Waals surface area (Å²) >= 11 is 0. The maximum Gasteiger partial charge on any atom is 0.219 e. The number of aryl methyl sites for hydroxylation is 1. The number of hydrogen-bond acceptors (Lipinski definition) is 6. The van der Waals surface area contributed by atoms with Gasteiger partial charge in [-0.1, -0.05) is 0 Å². The molecule has 0 fully saturated rings. The van der Waals surface area contributed by atoms with Gasteiger partial charge in [0.15, 0.2) is 17.1 Å². The van der Waals surface area contributed by atoms with Crippen LogP contribution in [0.15, 0.2) is 24.5 Å². The quantitative estimate of drug-likeness (QED) is 0.797. The molecule has 2 heterocycles. The highest BCUT2D eigenvalue weighted by Gasteiger charge is 2.19. The van der Waals surface area contributed by atoms with Crippen molar-refractivity contribution in [2.45, 2.75) is 6.92 Å². The summed E-state index contributed by atoms with van der Waals surface area (Å²) in [5.74, 6) is 1.65. The summed E-state index contributed by atoms with van der Waals surface area (Å²) in [4.78, 5) is 8.63. The summed E-state index contributed by atoms with van der Waals surface area (Å²) in [6, 6.07) is 3.61. The summed E-state index contributed by atoms with van der Waals surface area (Å²) in [7, 11) is 4.66. The molecule has 0 radical (unpaired) electrons. The lowest BCUT2D eigenvalue weighted by Gasteiger charge is -2.15. The lowest BCUT2D eigenvalue weighted by Crippen LogP contribution is -1.98. The molecule has 7 nitrogen and oxygen atoms in total. The van der Waals surface area contributed by atoms with Crippen LogP contribution < -0.4 is 14.2 Å². The van der Waals surface area contributed by atoms with Gasteiger partial charge in [0, 0.05) is 11.8 Å². The van der Waals surface area contributed by atoms with E-state index < -0.39 is 0 Å². The molecule has 3 rings (SSSR count). The van der Waals surface area contributed by atoms with Crippen LogP contribution in [0.25, 0.3) is 16.9 Å². The van der Waals surface area contributed by atoms with Gasteiger partial charge in [-0.15, -0.1) is 0 Å². The SMILES string of the molecule is COc1ccc(-c2cn3c(O)c(C)nc3cn2)c(OC)c1OC. The molecule has 0 unspecified atom stereocenters.